The van der Waals surface area contributed by atoms with E-state index >= 15 is 0 Å². The fourth-order valence-electron chi connectivity index (χ4n) is 11.0. The summed E-state index contributed by atoms with van der Waals surface area (Å²) in [4.78, 5) is 0. The zero-order valence-corrected chi connectivity index (χ0v) is 38.7. The SMILES string of the molecule is C=C1CC2C(CCc3ccc4c(oc5ccccc54)c3-c3n(-c4c(C(C)C)cc(-c5ccccc5)cc4C(C)C)c4ccccc4[n+]31)c1ccccc1-c1ccc([Si](C)(C)C)c[n+]12. The number of hydrogen-bond acceptors (Lipinski definition) is 1. The maximum Gasteiger partial charge on any atom is 0.304 e. The van der Waals surface area contributed by atoms with E-state index in [1.54, 1.807) is 0 Å². The molecule has 2 aliphatic rings. The van der Waals surface area contributed by atoms with Gasteiger partial charge in [0.2, 0.25) is 5.69 Å². The van der Waals surface area contributed by atoms with E-state index in [1.165, 1.54) is 61.0 Å². The first-order valence-corrected chi connectivity index (χ1v) is 26.5. The summed E-state index contributed by atoms with van der Waals surface area (Å²) >= 11 is 0. The zero-order chi connectivity index (χ0) is 43.3. The molecule has 5 heterocycles. The normalized spacial score (nSPS) is 16.3. The monoisotopic (exact) mass is 839 g/mol. The van der Waals surface area contributed by atoms with E-state index < -0.39 is 8.07 Å². The van der Waals surface area contributed by atoms with Gasteiger partial charge in [0.15, 0.2) is 28.9 Å². The molecule has 11 rings (SSSR count). The molecular formula is C58H57N3OSi+2. The summed E-state index contributed by atoms with van der Waals surface area (Å²) < 4.78 is 14.9. The lowest BCUT2D eigenvalue weighted by Gasteiger charge is -2.32. The molecule has 2 aliphatic heterocycles. The molecule has 6 aromatic carbocycles. The van der Waals surface area contributed by atoms with Crippen molar-refractivity contribution in [3.8, 4) is 39.5 Å². The van der Waals surface area contributed by atoms with Gasteiger partial charge in [0.1, 0.15) is 22.5 Å². The van der Waals surface area contributed by atoms with Crippen LogP contribution in [0.5, 0.6) is 0 Å². The van der Waals surface area contributed by atoms with Crippen LogP contribution in [-0.2, 0) is 6.42 Å². The van der Waals surface area contributed by atoms with Crippen molar-refractivity contribution < 1.29 is 13.6 Å². The maximum atomic E-state index is 7.13. The molecule has 0 amide bonds. The Hall–Kier alpha value is -6.30. The number of aromatic nitrogens is 3. The van der Waals surface area contributed by atoms with Crippen LogP contribution in [0.2, 0.25) is 19.6 Å². The van der Waals surface area contributed by atoms with E-state index in [2.05, 4.69) is 207 Å². The van der Waals surface area contributed by atoms with E-state index in [0.29, 0.717) is 0 Å². The third-order valence-corrected chi connectivity index (χ3v) is 16.2. The fraction of sp³-hybridized carbons (Fsp3) is 0.241. The highest BCUT2D eigenvalue weighted by Crippen LogP contribution is 2.48. The average molecular weight is 840 g/mol. The summed E-state index contributed by atoms with van der Waals surface area (Å²) in [5, 5.41) is 3.77. The van der Waals surface area contributed by atoms with Crippen LogP contribution in [0.3, 0.4) is 0 Å². The number of para-hydroxylation sites is 3. The smallest absolute Gasteiger partial charge is 0.304 e. The summed E-state index contributed by atoms with van der Waals surface area (Å²) in [7, 11) is -1.63. The minimum atomic E-state index is -1.63. The summed E-state index contributed by atoms with van der Waals surface area (Å²) in [6.07, 6.45) is 5.21. The predicted octanol–water partition coefficient (Wildman–Crippen LogP) is 14.0. The van der Waals surface area contributed by atoms with Crippen molar-refractivity contribution in [1.29, 1.82) is 0 Å². The first-order valence-electron chi connectivity index (χ1n) is 23.0. The van der Waals surface area contributed by atoms with Crippen molar-refractivity contribution in [2.24, 2.45) is 0 Å². The fourth-order valence-corrected chi connectivity index (χ4v) is 12.1. The lowest BCUT2D eigenvalue weighted by Crippen LogP contribution is -2.53. The standard InChI is InChI=1S/C58H57N3OSi/c1-36(2)48-33-41(39-18-10-9-11-19-39)34-49(37(3)4)56(48)61-52-24-16-15-23-51(52)60-38(5)32-53-45(43-20-12-13-21-44(43)50-31-28-42(35-59(50)53)63(6,7)8)29-26-40-27-30-47-46-22-14-17-25-54(46)62-57(47)55(40)58(60)61/h9-25,27-28,30-31,33-37,45,53H,5,26,29,32H2,1-4,6-8H3/q+2. The number of rotatable bonds is 5. The van der Waals surface area contributed by atoms with Crippen molar-refractivity contribution in [2.45, 2.75) is 90.4 Å². The number of furan rings is 1. The highest BCUT2D eigenvalue weighted by Gasteiger charge is 2.45. The van der Waals surface area contributed by atoms with E-state index in [1.807, 2.05) is 0 Å². The number of fused-ring (bicyclic) bond motifs is 15. The molecular weight excluding hydrogens is 783 g/mol. The second kappa shape index (κ2) is 14.9. The summed E-state index contributed by atoms with van der Waals surface area (Å²) in [5.74, 6) is 1.91. The Bertz CT molecular complexity index is 3260. The van der Waals surface area contributed by atoms with Gasteiger partial charge in [0, 0.05) is 44.6 Å². The number of imidazole rings is 1. The minimum absolute atomic E-state index is 0.181. The molecule has 312 valence electrons. The molecule has 0 saturated heterocycles. The van der Waals surface area contributed by atoms with Crippen LogP contribution in [0.1, 0.15) is 86.6 Å². The number of nitrogens with zero attached hydrogens (tertiary/aromatic N) is 3. The van der Waals surface area contributed by atoms with E-state index in [-0.39, 0.29) is 23.8 Å². The Labute approximate surface area is 372 Å². The van der Waals surface area contributed by atoms with Gasteiger partial charge >= 0.3 is 5.82 Å². The van der Waals surface area contributed by atoms with Crippen molar-refractivity contribution in [3.05, 3.63) is 175 Å². The predicted molar refractivity (Wildman–Crippen MR) is 265 cm³/mol. The number of aryl methyl sites for hydroxylation is 1. The molecule has 5 heteroatoms. The van der Waals surface area contributed by atoms with Crippen LogP contribution >= 0.6 is 0 Å². The van der Waals surface area contributed by atoms with Crippen molar-refractivity contribution in [2.75, 3.05) is 0 Å². The largest absolute Gasteiger partial charge is 0.455 e. The lowest BCUT2D eigenvalue weighted by atomic mass is 9.77. The highest BCUT2D eigenvalue weighted by atomic mass is 28.3. The quantitative estimate of drug-likeness (QED) is 0.125. The van der Waals surface area contributed by atoms with Gasteiger partial charge in [-0.15, -0.1) is 0 Å². The highest BCUT2D eigenvalue weighted by molar-refractivity contribution is 6.88. The summed E-state index contributed by atoms with van der Waals surface area (Å²) in [6.45, 7) is 22.0. The Morgan fingerprint density at radius 2 is 1.41 bits per heavy atom. The van der Waals surface area contributed by atoms with Crippen LogP contribution in [0.25, 0.3) is 78.1 Å². The molecule has 63 heavy (non-hydrogen) atoms. The van der Waals surface area contributed by atoms with Crippen LogP contribution in [0, 0.1) is 0 Å². The second-order valence-corrected chi connectivity index (χ2v) is 24.8. The van der Waals surface area contributed by atoms with Crippen molar-refractivity contribution >= 4 is 51.9 Å². The molecule has 0 radical (unpaired) electrons. The average Bonchev–Trinajstić information content (AvgIpc) is 3.84. The zero-order valence-electron chi connectivity index (χ0n) is 37.7. The molecule has 0 saturated carbocycles. The van der Waals surface area contributed by atoms with Crippen LogP contribution in [0.15, 0.2) is 157 Å². The Morgan fingerprint density at radius 3 is 2.17 bits per heavy atom. The third kappa shape index (κ3) is 6.30. The van der Waals surface area contributed by atoms with Gasteiger partial charge in [-0.3, -0.25) is 0 Å². The molecule has 2 atom stereocenters. The van der Waals surface area contributed by atoms with Gasteiger partial charge in [-0.05, 0) is 83.3 Å². The van der Waals surface area contributed by atoms with Gasteiger partial charge in [0.05, 0.1) is 14.5 Å². The lowest BCUT2D eigenvalue weighted by molar-refractivity contribution is -0.719. The number of pyridine rings is 1. The second-order valence-electron chi connectivity index (χ2n) is 19.8. The van der Waals surface area contributed by atoms with Crippen molar-refractivity contribution in [3.63, 3.8) is 0 Å². The van der Waals surface area contributed by atoms with Gasteiger partial charge < -0.3 is 4.42 Å². The van der Waals surface area contributed by atoms with Gasteiger partial charge in [-0.1, -0.05) is 151 Å². The first kappa shape index (κ1) is 39.5. The molecule has 0 spiro atoms. The first-order chi connectivity index (χ1) is 30.5. The number of benzene rings is 6. The van der Waals surface area contributed by atoms with Crippen LogP contribution in [-0.4, -0.2) is 12.6 Å². The number of hydrogen-bond donors (Lipinski definition) is 0. The summed E-state index contributed by atoms with van der Waals surface area (Å²) in [6, 6.07) is 52.3. The molecule has 3 aromatic heterocycles. The molecule has 0 aliphatic carbocycles. The number of allylic oxidation sites excluding steroid dienone is 1. The third-order valence-electron chi connectivity index (χ3n) is 14.2. The van der Waals surface area contributed by atoms with E-state index in [9.17, 15) is 0 Å². The maximum absolute atomic E-state index is 7.13. The van der Waals surface area contributed by atoms with Gasteiger partial charge in [-0.2, -0.15) is 13.7 Å². The minimum Gasteiger partial charge on any atom is -0.455 e. The summed E-state index contributed by atoms with van der Waals surface area (Å²) in [5.41, 5.74) is 18.2. The molecule has 2 unspecified atom stereocenters. The Morgan fingerprint density at radius 1 is 0.714 bits per heavy atom. The van der Waals surface area contributed by atoms with Gasteiger partial charge in [0.25, 0.3) is 0 Å². The molecule has 0 fully saturated rings. The molecule has 4 nitrogen and oxygen atoms in total. The Balaban J connectivity index is 1.26. The van der Waals surface area contributed by atoms with Crippen molar-refractivity contribution in [1.82, 2.24) is 4.57 Å². The van der Waals surface area contributed by atoms with Gasteiger partial charge in [-0.25, -0.2) is 0 Å². The van der Waals surface area contributed by atoms with E-state index in [4.69, 9.17) is 11.0 Å². The molecule has 0 bridgehead atoms. The van der Waals surface area contributed by atoms with Crippen LogP contribution in [0.4, 0.5) is 0 Å². The Kier molecular flexibility index (Phi) is 9.36. The molecule has 9 aromatic rings. The van der Waals surface area contributed by atoms with Crippen LogP contribution < -0.4 is 14.3 Å². The topological polar surface area (TPSA) is 25.8 Å². The molecule has 0 N–H and O–H groups in total. The van der Waals surface area contributed by atoms with E-state index in [0.717, 1.165) is 63.8 Å².